The lowest BCUT2D eigenvalue weighted by Crippen LogP contribution is -2.58. The van der Waals surface area contributed by atoms with Crippen LogP contribution in [0, 0.1) is 0 Å². The number of piperidine rings is 1. The summed E-state index contributed by atoms with van der Waals surface area (Å²) in [7, 11) is 1.88. The number of likely N-dealkylation sites (tertiary alicyclic amines) is 1. The first-order valence-electron chi connectivity index (χ1n) is 9.38. The highest BCUT2D eigenvalue weighted by Gasteiger charge is 2.38. The summed E-state index contributed by atoms with van der Waals surface area (Å²) in [5, 5.41) is 7.29. The first kappa shape index (κ1) is 17.2. The summed E-state index contributed by atoms with van der Waals surface area (Å²) in [5.74, 6) is 0.000751. The molecule has 1 aliphatic carbocycles. The second-order valence-corrected chi connectivity index (χ2v) is 7.33. The molecular formula is C19H30N4O. The molecule has 1 aliphatic heterocycles. The Labute approximate surface area is 145 Å². The van der Waals surface area contributed by atoms with Crippen molar-refractivity contribution in [3.8, 4) is 0 Å². The van der Waals surface area contributed by atoms with Gasteiger partial charge in [-0.2, -0.15) is 5.10 Å². The van der Waals surface area contributed by atoms with Crippen molar-refractivity contribution in [2.75, 3.05) is 19.6 Å². The second-order valence-electron chi connectivity index (χ2n) is 7.33. The zero-order valence-electron chi connectivity index (χ0n) is 14.8. The van der Waals surface area contributed by atoms with Crippen molar-refractivity contribution in [3.63, 3.8) is 0 Å². The highest BCUT2D eigenvalue weighted by Crippen LogP contribution is 2.35. The lowest BCUT2D eigenvalue weighted by atomic mass is 9.79. The van der Waals surface area contributed by atoms with Gasteiger partial charge in [-0.05, 0) is 44.8 Å². The molecule has 132 valence electrons. The zero-order valence-corrected chi connectivity index (χ0v) is 14.8. The van der Waals surface area contributed by atoms with E-state index in [-0.39, 0.29) is 11.4 Å². The molecule has 2 fully saturated rings. The van der Waals surface area contributed by atoms with Gasteiger partial charge in [0.05, 0.1) is 6.20 Å². The molecule has 0 atom stereocenters. The molecule has 0 bridgehead atoms. The van der Waals surface area contributed by atoms with Gasteiger partial charge in [0.15, 0.2) is 0 Å². The minimum atomic E-state index is 0.000751. The summed E-state index contributed by atoms with van der Waals surface area (Å²) in [5.41, 5.74) is 1.15. The summed E-state index contributed by atoms with van der Waals surface area (Å²) in [6.07, 6.45) is 17.4. The predicted octanol–water partition coefficient (Wildman–Crippen LogP) is 2.74. The lowest BCUT2D eigenvalue weighted by Gasteiger charge is -2.48. The van der Waals surface area contributed by atoms with Gasteiger partial charge in [-0.1, -0.05) is 25.7 Å². The van der Waals surface area contributed by atoms with Gasteiger partial charge in [0.2, 0.25) is 5.91 Å². The number of carbonyl (C=O) groups excluding carboxylic acids is 1. The molecule has 24 heavy (non-hydrogen) atoms. The third-order valence-electron chi connectivity index (χ3n) is 5.55. The fourth-order valence-electron chi connectivity index (χ4n) is 4.19. The van der Waals surface area contributed by atoms with Crippen molar-refractivity contribution in [1.29, 1.82) is 0 Å². The van der Waals surface area contributed by atoms with Crippen LogP contribution in [-0.2, 0) is 11.8 Å². The van der Waals surface area contributed by atoms with Gasteiger partial charge in [-0.15, -0.1) is 0 Å². The van der Waals surface area contributed by atoms with Crippen molar-refractivity contribution in [3.05, 3.63) is 24.0 Å². The van der Waals surface area contributed by atoms with Crippen molar-refractivity contribution < 1.29 is 4.79 Å². The molecular weight excluding hydrogens is 300 g/mol. The number of nitrogens with zero attached hydrogens (tertiary/aromatic N) is 3. The van der Waals surface area contributed by atoms with Crippen LogP contribution in [0.3, 0.4) is 0 Å². The molecule has 2 aliphatic rings. The summed E-state index contributed by atoms with van der Waals surface area (Å²) in [6, 6.07) is 0. The molecule has 5 nitrogen and oxygen atoms in total. The zero-order chi connectivity index (χ0) is 16.8. The first-order valence-corrected chi connectivity index (χ1v) is 9.38. The molecule has 1 aromatic heterocycles. The van der Waals surface area contributed by atoms with E-state index >= 15 is 0 Å². The number of aromatic nitrogens is 2. The van der Waals surface area contributed by atoms with E-state index in [1.54, 1.807) is 17.0 Å². The number of hydrogen-bond donors (Lipinski definition) is 1. The average molecular weight is 330 g/mol. The van der Waals surface area contributed by atoms with E-state index in [1.807, 2.05) is 19.3 Å². The van der Waals surface area contributed by atoms with Gasteiger partial charge in [-0.3, -0.25) is 14.4 Å². The van der Waals surface area contributed by atoms with Crippen LogP contribution in [0.2, 0.25) is 0 Å². The fourth-order valence-corrected chi connectivity index (χ4v) is 4.19. The molecule has 0 radical (unpaired) electrons. The Hall–Kier alpha value is -1.62. The Morgan fingerprint density at radius 3 is 2.58 bits per heavy atom. The van der Waals surface area contributed by atoms with E-state index in [4.69, 9.17) is 0 Å². The Balaban J connectivity index is 1.58. The van der Waals surface area contributed by atoms with E-state index < -0.39 is 0 Å². The van der Waals surface area contributed by atoms with Gasteiger partial charge in [0, 0.05) is 37.0 Å². The number of amides is 1. The van der Waals surface area contributed by atoms with E-state index in [1.165, 1.54) is 64.5 Å². The summed E-state index contributed by atoms with van der Waals surface area (Å²) in [4.78, 5) is 14.9. The minimum Gasteiger partial charge on any atom is -0.351 e. The molecule has 3 rings (SSSR count). The van der Waals surface area contributed by atoms with Gasteiger partial charge >= 0.3 is 0 Å². The predicted molar refractivity (Wildman–Crippen MR) is 96.5 cm³/mol. The van der Waals surface area contributed by atoms with E-state index in [2.05, 4.69) is 15.3 Å². The SMILES string of the molecule is Cn1cc(/C=C/C(=O)NCC2(N3CCCCC3)CCCCC2)cn1. The van der Waals surface area contributed by atoms with Crippen LogP contribution in [-0.4, -0.2) is 45.8 Å². The van der Waals surface area contributed by atoms with E-state index in [0.29, 0.717) is 0 Å². The molecule has 0 aromatic carbocycles. The average Bonchev–Trinajstić information content (AvgIpc) is 3.05. The van der Waals surface area contributed by atoms with Crippen LogP contribution in [0.25, 0.3) is 6.08 Å². The van der Waals surface area contributed by atoms with Crippen molar-refractivity contribution in [2.45, 2.75) is 56.9 Å². The van der Waals surface area contributed by atoms with Gasteiger partial charge < -0.3 is 5.32 Å². The van der Waals surface area contributed by atoms with Gasteiger partial charge in [0.1, 0.15) is 0 Å². The maximum atomic E-state index is 12.2. The largest absolute Gasteiger partial charge is 0.351 e. The Bertz CT molecular complexity index is 566. The molecule has 5 heteroatoms. The smallest absolute Gasteiger partial charge is 0.244 e. The molecule has 1 aromatic rings. The molecule has 1 amide bonds. The summed E-state index contributed by atoms with van der Waals surface area (Å²) >= 11 is 0. The van der Waals surface area contributed by atoms with Crippen molar-refractivity contribution in [2.24, 2.45) is 7.05 Å². The monoisotopic (exact) mass is 330 g/mol. The quantitative estimate of drug-likeness (QED) is 0.845. The Morgan fingerprint density at radius 2 is 1.92 bits per heavy atom. The number of aryl methyl sites for hydroxylation is 1. The number of hydrogen-bond acceptors (Lipinski definition) is 3. The van der Waals surface area contributed by atoms with Crippen molar-refractivity contribution >= 4 is 12.0 Å². The van der Waals surface area contributed by atoms with Crippen LogP contribution >= 0.6 is 0 Å². The van der Waals surface area contributed by atoms with E-state index in [9.17, 15) is 4.79 Å². The topological polar surface area (TPSA) is 50.2 Å². The molecule has 0 unspecified atom stereocenters. The number of nitrogens with one attached hydrogen (secondary N) is 1. The Morgan fingerprint density at radius 1 is 1.21 bits per heavy atom. The summed E-state index contributed by atoms with van der Waals surface area (Å²) < 4.78 is 1.74. The van der Waals surface area contributed by atoms with Crippen LogP contribution in [0.1, 0.15) is 56.9 Å². The maximum Gasteiger partial charge on any atom is 0.244 e. The van der Waals surface area contributed by atoms with Crippen LogP contribution < -0.4 is 5.32 Å². The molecule has 2 heterocycles. The molecule has 1 saturated heterocycles. The highest BCUT2D eigenvalue weighted by atomic mass is 16.1. The second kappa shape index (κ2) is 7.97. The third kappa shape index (κ3) is 4.26. The summed E-state index contributed by atoms with van der Waals surface area (Å²) in [6.45, 7) is 3.17. The van der Waals surface area contributed by atoms with Crippen LogP contribution in [0.5, 0.6) is 0 Å². The van der Waals surface area contributed by atoms with Crippen molar-refractivity contribution in [1.82, 2.24) is 20.0 Å². The lowest BCUT2D eigenvalue weighted by molar-refractivity contribution is -0.117. The fraction of sp³-hybridized carbons (Fsp3) is 0.684. The first-order chi connectivity index (χ1) is 11.7. The maximum absolute atomic E-state index is 12.2. The Kier molecular flexibility index (Phi) is 5.72. The van der Waals surface area contributed by atoms with Crippen LogP contribution in [0.4, 0.5) is 0 Å². The van der Waals surface area contributed by atoms with Crippen LogP contribution in [0.15, 0.2) is 18.5 Å². The van der Waals surface area contributed by atoms with Gasteiger partial charge in [0.25, 0.3) is 0 Å². The number of carbonyl (C=O) groups is 1. The normalized spacial score (nSPS) is 21.9. The standard InChI is InChI=1S/C19H30N4O/c1-22-15-17(14-21-22)8-9-18(24)20-16-19(10-4-2-5-11-19)23-12-6-3-7-13-23/h8-9,14-15H,2-7,10-13,16H2,1H3,(H,20,24)/b9-8+. The minimum absolute atomic E-state index is 0.000751. The highest BCUT2D eigenvalue weighted by molar-refractivity contribution is 5.91. The van der Waals surface area contributed by atoms with Gasteiger partial charge in [-0.25, -0.2) is 0 Å². The molecule has 1 saturated carbocycles. The molecule has 0 spiro atoms. The van der Waals surface area contributed by atoms with E-state index in [0.717, 1.165) is 12.1 Å². The third-order valence-corrected chi connectivity index (χ3v) is 5.55. The molecule has 1 N–H and O–H groups in total. The number of rotatable bonds is 5.